The molecule has 27 heavy (non-hydrogen) atoms. The standard InChI is InChI=1S/C11H22N2O.C11H16N2/c1-2-4-11(5-3-1)12-10-13-6-8-14-9-7-13;12-10-6-8-13(9-7-10)11-4-2-1-3-5-11/h11-12H,1-10H2;1-5,10H,6-9,12H2. The number of piperidine rings is 1. The number of nitrogens with two attached hydrogens (primary N) is 1. The highest BCUT2D eigenvalue weighted by atomic mass is 16.5. The molecule has 2 aliphatic heterocycles. The fourth-order valence-corrected chi connectivity index (χ4v) is 4.12. The van der Waals surface area contributed by atoms with E-state index < -0.39 is 0 Å². The second kappa shape index (κ2) is 11.6. The molecule has 0 aromatic heterocycles. The molecule has 5 heteroatoms. The number of nitrogens with one attached hydrogen (secondary N) is 1. The molecule has 1 aromatic carbocycles. The summed E-state index contributed by atoms with van der Waals surface area (Å²) in [6, 6.07) is 11.8. The van der Waals surface area contributed by atoms with Crippen LogP contribution in [0.4, 0.5) is 5.69 Å². The first-order valence-electron chi connectivity index (χ1n) is 10.9. The monoisotopic (exact) mass is 374 g/mol. The van der Waals surface area contributed by atoms with Gasteiger partial charge in [-0.3, -0.25) is 4.90 Å². The summed E-state index contributed by atoms with van der Waals surface area (Å²) in [7, 11) is 0. The van der Waals surface area contributed by atoms with Gasteiger partial charge in [-0.1, -0.05) is 37.5 Å². The van der Waals surface area contributed by atoms with Crippen LogP contribution in [-0.4, -0.2) is 63.0 Å². The number of benzene rings is 1. The molecule has 3 N–H and O–H groups in total. The van der Waals surface area contributed by atoms with E-state index in [1.54, 1.807) is 0 Å². The lowest BCUT2D eigenvalue weighted by Crippen LogP contribution is -2.45. The molecule has 0 amide bonds. The molecule has 0 radical (unpaired) electrons. The number of hydrogen-bond acceptors (Lipinski definition) is 5. The van der Waals surface area contributed by atoms with Crippen LogP contribution in [-0.2, 0) is 4.74 Å². The zero-order valence-electron chi connectivity index (χ0n) is 16.8. The summed E-state index contributed by atoms with van der Waals surface area (Å²) in [4.78, 5) is 4.86. The molecule has 1 aromatic rings. The van der Waals surface area contributed by atoms with Gasteiger partial charge in [0.2, 0.25) is 0 Å². The normalized spacial score (nSPS) is 22.9. The lowest BCUT2D eigenvalue weighted by Gasteiger charge is -2.31. The minimum Gasteiger partial charge on any atom is -0.379 e. The molecular formula is C22H38N4O. The van der Waals surface area contributed by atoms with Gasteiger partial charge in [0, 0.05) is 50.6 Å². The van der Waals surface area contributed by atoms with E-state index in [-0.39, 0.29) is 0 Å². The van der Waals surface area contributed by atoms with Crippen molar-refractivity contribution < 1.29 is 4.74 Å². The summed E-state index contributed by atoms with van der Waals surface area (Å²) in [6.45, 7) is 7.28. The van der Waals surface area contributed by atoms with E-state index in [0.29, 0.717) is 6.04 Å². The maximum Gasteiger partial charge on any atom is 0.0594 e. The van der Waals surface area contributed by atoms with Crippen LogP contribution in [0.2, 0.25) is 0 Å². The van der Waals surface area contributed by atoms with E-state index in [9.17, 15) is 0 Å². The molecular weight excluding hydrogens is 336 g/mol. The third kappa shape index (κ3) is 7.41. The molecule has 4 rings (SSSR count). The smallest absolute Gasteiger partial charge is 0.0594 e. The maximum atomic E-state index is 5.85. The molecule has 0 unspecified atom stereocenters. The lowest BCUT2D eigenvalue weighted by atomic mass is 9.96. The van der Waals surface area contributed by atoms with Crippen LogP contribution in [0.15, 0.2) is 30.3 Å². The summed E-state index contributed by atoms with van der Waals surface area (Å²) in [5, 5.41) is 3.66. The Morgan fingerprint density at radius 1 is 0.889 bits per heavy atom. The van der Waals surface area contributed by atoms with Gasteiger partial charge in [0.05, 0.1) is 13.2 Å². The summed E-state index contributed by atoms with van der Waals surface area (Å²) in [6.07, 6.45) is 9.27. The predicted molar refractivity (Wildman–Crippen MR) is 113 cm³/mol. The van der Waals surface area contributed by atoms with E-state index in [0.717, 1.165) is 64.9 Å². The molecule has 0 bridgehead atoms. The molecule has 3 fully saturated rings. The van der Waals surface area contributed by atoms with Crippen molar-refractivity contribution in [2.45, 2.75) is 57.0 Å². The van der Waals surface area contributed by atoms with Crippen LogP contribution in [0.1, 0.15) is 44.9 Å². The summed E-state index contributed by atoms with van der Waals surface area (Å²) in [5.41, 5.74) is 7.18. The Kier molecular flexibility index (Phi) is 8.88. The molecule has 1 saturated carbocycles. The fraction of sp³-hybridized carbons (Fsp3) is 0.727. The molecule has 5 nitrogen and oxygen atoms in total. The quantitative estimate of drug-likeness (QED) is 0.849. The highest BCUT2D eigenvalue weighted by Gasteiger charge is 2.16. The first kappa shape index (κ1) is 20.6. The molecule has 3 aliphatic rings. The Hall–Kier alpha value is -1.14. The predicted octanol–water partition coefficient (Wildman–Crippen LogP) is 2.81. The Morgan fingerprint density at radius 3 is 2.22 bits per heavy atom. The van der Waals surface area contributed by atoms with Crippen LogP contribution >= 0.6 is 0 Å². The van der Waals surface area contributed by atoms with Gasteiger partial charge in [-0.05, 0) is 37.8 Å². The van der Waals surface area contributed by atoms with E-state index in [1.165, 1.54) is 37.8 Å². The van der Waals surface area contributed by atoms with E-state index in [2.05, 4.69) is 45.4 Å². The largest absolute Gasteiger partial charge is 0.379 e. The Balaban J connectivity index is 0.000000156. The molecule has 152 valence electrons. The van der Waals surface area contributed by atoms with Crippen molar-refractivity contribution in [1.29, 1.82) is 0 Å². The number of hydrogen-bond donors (Lipinski definition) is 2. The Bertz CT molecular complexity index is 474. The highest BCUT2D eigenvalue weighted by Crippen LogP contribution is 2.18. The van der Waals surface area contributed by atoms with Gasteiger partial charge in [-0.2, -0.15) is 0 Å². The number of morpholine rings is 1. The van der Waals surface area contributed by atoms with Gasteiger partial charge in [-0.15, -0.1) is 0 Å². The van der Waals surface area contributed by atoms with Gasteiger partial charge in [0.15, 0.2) is 0 Å². The van der Waals surface area contributed by atoms with Crippen LogP contribution in [0.3, 0.4) is 0 Å². The number of rotatable bonds is 4. The second-order valence-electron chi connectivity index (χ2n) is 8.09. The van der Waals surface area contributed by atoms with Gasteiger partial charge in [0.25, 0.3) is 0 Å². The molecule has 2 heterocycles. The summed E-state index contributed by atoms with van der Waals surface area (Å²) in [5.74, 6) is 0. The number of anilines is 1. The van der Waals surface area contributed by atoms with Crippen LogP contribution in [0.25, 0.3) is 0 Å². The van der Waals surface area contributed by atoms with Crippen molar-refractivity contribution in [2.24, 2.45) is 5.73 Å². The molecule has 0 atom stereocenters. The number of nitrogens with zero attached hydrogens (tertiary/aromatic N) is 2. The van der Waals surface area contributed by atoms with Gasteiger partial charge in [0.1, 0.15) is 0 Å². The van der Waals surface area contributed by atoms with E-state index in [4.69, 9.17) is 10.5 Å². The highest BCUT2D eigenvalue weighted by molar-refractivity contribution is 5.46. The zero-order chi connectivity index (χ0) is 18.7. The maximum absolute atomic E-state index is 5.85. The first-order valence-corrected chi connectivity index (χ1v) is 10.9. The number of para-hydroxylation sites is 1. The van der Waals surface area contributed by atoms with E-state index in [1.807, 2.05) is 0 Å². The van der Waals surface area contributed by atoms with Crippen molar-refractivity contribution in [1.82, 2.24) is 10.2 Å². The average Bonchev–Trinajstić information content (AvgIpc) is 2.75. The van der Waals surface area contributed by atoms with Gasteiger partial charge >= 0.3 is 0 Å². The second-order valence-corrected chi connectivity index (χ2v) is 8.09. The first-order chi connectivity index (χ1) is 13.3. The third-order valence-corrected chi connectivity index (χ3v) is 5.97. The molecule has 0 spiro atoms. The van der Waals surface area contributed by atoms with Crippen LogP contribution in [0, 0.1) is 0 Å². The van der Waals surface area contributed by atoms with Crippen molar-refractivity contribution in [2.75, 3.05) is 51.0 Å². The fourth-order valence-electron chi connectivity index (χ4n) is 4.12. The Morgan fingerprint density at radius 2 is 1.56 bits per heavy atom. The SMILES string of the molecule is C1CCC(NCN2CCOCC2)CC1.NC1CCN(c2ccccc2)CC1. The van der Waals surface area contributed by atoms with Crippen molar-refractivity contribution in [3.8, 4) is 0 Å². The third-order valence-electron chi connectivity index (χ3n) is 5.97. The van der Waals surface area contributed by atoms with E-state index >= 15 is 0 Å². The minimum absolute atomic E-state index is 0.417. The zero-order valence-corrected chi connectivity index (χ0v) is 16.8. The van der Waals surface area contributed by atoms with Crippen LogP contribution < -0.4 is 16.0 Å². The summed E-state index contributed by atoms with van der Waals surface area (Å²) >= 11 is 0. The van der Waals surface area contributed by atoms with Crippen molar-refractivity contribution in [3.63, 3.8) is 0 Å². The van der Waals surface area contributed by atoms with Gasteiger partial charge < -0.3 is 20.7 Å². The molecule has 1 aliphatic carbocycles. The van der Waals surface area contributed by atoms with Crippen LogP contribution in [0.5, 0.6) is 0 Å². The van der Waals surface area contributed by atoms with Crippen molar-refractivity contribution >= 4 is 5.69 Å². The van der Waals surface area contributed by atoms with Gasteiger partial charge in [-0.25, -0.2) is 0 Å². The molecule has 2 saturated heterocycles. The number of ether oxygens (including phenoxy) is 1. The summed E-state index contributed by atoms with van der Waals surface area (Å²) < 4.78 is 5.32. The lowest BCUT2D eigenvalue weighted by molar-refractivity contribution is 0.0318. The van der Waals surface area contributed by atoms with Crippen molar-refractivity contribution in [3.05, 3.63) is 30.3 Å². The Labute approximate surface area is 165 Å². The topological polar surface area (TPSA) is 53.8 Å². The minimum atomic E-state index is 0.417. The average molecular weight is 375 g/mol.